The van der Waals surface area contributed by atoms with Crippen LogP contribution in [0.1, 0.15) is 18.5 Å². The number of rotatable bonds is 6. The van der Waals surface area contributed by atoms with Gasteiger partial charge in [0.25, 0.3) is 0 Å². The number of aromatic nitrogens is 4. The number of aryl methyl sites for hydroxylation is 1. The highest BCUT2D eigenvalue weighted by molar-refractivity contribution is 5.91. The third-order valence-electron chi connectivity index (χ3n) is 5.97. The standard InChI is InChI=1S/C21H24N8/c1-13-11-18(28-27-13)24-20-15-5-2-3-6-17(15)23-21(26-20)25-19-14-7-10-29(9-4-8-22)12-16(14)19/h2-3,5-6,11,14,16,19H,4,7,9-10,12H2,1H3,(H3,23,24,25,26,27,28)/t14-,16+,19-/m0/s1. The second-order valence-electron chi connectivity index (χ2n) is 7.97. The summed E-state index contributed by atoms with van der Waals surface area (Å²) in [6.45, 7) is 4.97. The highest BCUT2D eigenvalue weighted by atomic mass is 15.2. The largest absolute Gasteiger partial charge is 0.351 e. The number of nitrogens with zero attached hydrogens (tertiary/aromatic N) is 5. The van der Waals surface area contributed by atoms with Crippen molar-refractivity contribution in [1.29, 1.82) is 5.26 Å². The van der Waals surface area contributed by atoms with E-state index in [2.05, 4.69) is 31.8 Å². The SMILES string of the molecule is Cc1cc(Nc2nc(N[C@@H]3[C@@H]4CN(CCC#N)CC[C@@H]43)nc3ccccc23)n[nH]1. The monoisotopic (exact) mass is 388 g/mol. The van der Waals surface area contributed by atoms with Crippen molar-refractivity contribution in [3.63, 3.8) is 0 Å². The van der Waals surface area contributed by atoms with E-state index in [0.29, 0.717) is 30.2 Å². The lowest BCUT2D eigenvalue weighted by Crippen LogP contribution is -2.32. The molecule has 29 heavy (non-hydrogen) atoms. The number of benzene rings is 1. The molecule has 8 nitrogen and oxygen atoms in total. The van der Waals surface area contributed by atoms with E-state index < -0.39 is 0 Å². The number of anilines is 3. The number of likely N-dealkylation sites (tertiary alicyclic amines) is 1. The van der Waals surface area contributed by atoms with E-state index in [1.165, 1.54) is 6.42 Å². The normalized spacial score (nSPS) is 23.4. The van der Waals surface area contributed by atoms with Crippen molar-refractivity contribution < 1.29 is 0 Å². The van der Waals surface area contributed by atoms with Crippen LogP contribution in [0.3, 0.4) is 0 Å². The summed E-state index contributed by atoms with van der Waals surface area (Å²) in [6, 6.07) is 12.6. The molecule has 5 rings (SSSR count). The Bertz CT molecular complexity index is 1070. The molecule has 1 aliphatic carbocycles. The fourth-order valence-electron chi connectivity index (χ4n) is 4.42. The predicted molar refractivity (Wildman–Crippen MR) is 112 cm³/mol. The van der Waals surface area contributed by atoms with Crippen molar-refractivity contribution in [2.45, 2.75) is 25.8 Å². The van der Waals surface area contributed by atoms with Gasteiger partial charge in [0.2, 0.25) is 5.95 Å². The van der Waals surface area contributed by atoms with Crippen LogP contribution in [0.25, 0.3) is 10.9 Å². The lowest BCUT2D eigenvalue weighted by atomic mass is 10.1. The minimum Gasteiger partial charge on any atom is -0.351 e. The lowest BCUT2D eigenvalue weighted by Gasteiger charge is -2.24. The third kappa shape index (κ3) is 3.61. The first-order valence-electron chi connectivity index (χ1n) is 10.1. The van der Waals surface area contributed by atoms with Gasteiger partial charge in [-0.3, -0.25) is 5.10 Å². The van der Waals surface area contributed by atoms with Gasteiger partial charge < -0.3 is 15.5 Å². The average molecular weight is 388 g/mol. The number of hydrogen-bond acceptors (Lipinski definition) is 7. The molecule has 1 saturated carbocycles. The first-order valence-corrected chi connectivity index (χ1v) is 10.1. The summed E-state index contributed by atoms with van der Waals surface area (Å²) in [5.74, 6) is 3.44. The highest BCUT2D eigenvalue weighted by Crippen LogP contribution is 2.47. The Morgan fingerprint density at radius 3 is 3.00 bits per heavy atom. The van der Waals surface area contributed by atoms with Gasteiger partial charge in [0.15, 0.2) is 5.82 Å². The fourth-order valence-corrected chi connectivity index (χ4v) is 4.42. The van der Waals surface area contributed by atoms with Crippen molar-refractivity contribution >= 4 is 28.5 Å². The minimum atomic E-state index is 0.406. The first-order chi connectivity index (χ1) is 14.2. The maximum atomic E-state index is 8.82. The molecule has 0 amide bonds. The van der Waals surface area contributed by atoms with Gasteiger partial charge in [-0.2, -0.15) is 15.3 Å². The number of H-pyrrole nitrogens is 1. The zero-order valence-electron chi connectivity index (χ0n) is 16.4. The molecule has 0 spiro atoms. The Labute approximate surface area is 169 Å². The molecule has 0 unspecified atom stereocenters. The van der Waals surface area contributed by atoms with Crippen LogP contribution in [0, 0.1) is 30.1 Å². The van der Waals surface area contributed by atoms with Crippen molar-refractivity contribution in [3.05, 3.63) is 36.0 Å². The van der Waals surface area contributed by atoms with Gasteiger partial charge in [0.05, 0.1) is 11.6 Å². The Hall–Kier alpha value is -3.18. The Morgan fingerprint density at radius 1 is 1.28 bits per heavy atom. The van der Waals surface area contributed by atoms with E-state index in [4.69, 9.17) is 15.2 Å². The number of nitriles is 1. The van der Waals surface area contributed by atoms with E-state index in [1.54, 1.807) is 0 Å². The summed E-state index contributed by atoms with van der Waals surface area (Å²) >= 11 is 0. The number of aromatic amines is 1. The molecule has 3 atom stereocenters. The molecule has 2 fully saturated rings. The maximum Gasteiger partial charge on any atom is 0.225 e. The highest BCUT2D eigenvalue weighted by Gasteiger charge is 2.52. The summed E-state index contributed by atoms with van der Waals surface area (Å²) in [4.78, 5) is 11.9. The van der Waals surface area contributed by atoms with E-state index in [9.17, 15) is 0 Å². The maximum absolute atomic E-state index is 8.82. The summed E-state index contributed by atoms with van der Waals surface area (Å²) in [7, 11) is 0. The Balaban J connectivity index is 1.35. The zero-order chi connectivity index (χ0) is 19.8. The van der Waals surface area contributed by atoms with Crippen molar-refractivity contribution in [1.82, 2.24) is 25.1 Å². The summed E-state index contributed by atoms with van der Waals surface area (Å²) in [5.41, 5.74) is 1.89. The summed E-state index contributed by atoms with van der Waals surface area (Å²) in [6.07, 6.45) is 1.77. The van der Waals surface area contributed by atoms with Gasteiger partial charge in [-0.15, -0.1) is 0 Å². The Morgan fingerprint density at radius 2 is 2.17 bits per heavy atom. The molecule has 3 aromatic rings. The van der Waals surface area contributed by atoms with Crippen LogP contribution in [0.2, 0.25) is 0 Å². The number of fused-ring (bicyclic) bond motifs is 2. The molecule has 0 radical (unpaired) electrons. The second-order valence-corrected chi connectivity index (χ2v) is 7.97. The molecule has 1 aliphatic heterocycles. The van der Waals surface area contributed by atoms with Gasteiger partial charge in [-0.25, -0.2) is 4.98 Å². The molecule has 0 bridgehead atoms. The third-order valence-corrected chi connectivity index (χ3v) is 5.97. The topological polar surface area (TPSA) is 106 Å². The van der Waals surface area contributed by atoms with E-state index in [-0.39, 0.29) is 0 Å². The molecule has 8 heteroatoms. The van der Waals surface area contributed by atoms with E-state index in [0.717, 1.165) is 47.9 Å². The van der Waals surface area contributed by atoms with Crippen molar-refractivity contribution in [3.8, 4) is 6.07 Å². The number of piperidine rings is 1. The summed E-state index contributed by atoms with van der Waals surface area (Å²) in [5, 5.41) is 23.9. The quantitative estimate of drug-likeness (QED) is 0.596. The smallest absolute Gasteiger partial charge is 0.225 e. The van der Waals surface area contributed by atoms with Crippen LogP contribution < -0.4 is 10.6 Å². The fraction of sp³-hybridized carbons (Fsp3) is 0.429. The summed E-state index contributed by atoms with van der Waals surface area (Å²) < 4.78 is 0. The minimum absolute atomic E-state index is 0.406. The molecular formula is C21H24N8. The number of para-hydroxylation sites is 1. The van der Waals surface area contributed by atoms with Crippen LogP contribution in [0.4, 0.5) is 17.6 Å². The van der Waals surface area contributed by atoms with Gasteiger partial charge in [-0.05, 0) is 43.9 Å². The van der Waals surface area contributed by atoms with Crippen LogP contribution in [-0.2, 0) is 0 Å². The predicted octanol–water partition coefficient (Wildman–Crippen LogP) is 3.05. The number of hydrogen-bond donors (Lipinski definition) is 3. The Kier molecular flexibility index (Phi) is 4.52. The molecule has 148 valence electrons. The van der Waals surface area contributed by atoms with Crippen LogP contribution in [-0.4, -0.2) is 50.7 Å². The molecule has 3 heterocycles. The molecule has 1 aromatic carbocycles. The van der Waals surface area contributed by atoms with Crippen LogP contribution >= 0.6 is 0 Å². The van der Waals surface area contributed by atoms with Gasteiger partial charge in [0, 0.05) is 42.7 Å². The second kappa shape index (κ2) is 7.33. The van der Waals surface area contributed by atoms with Gasteiger partial charge in [0.1, 0.15) is 5.82 Å². The van der Waals surface area contributed by atoms with Crippen LogP contribution in [0.15, 0.2) is 30.3 Å². The van der Waals surface area contributed by atoms with Gasteiger partial charge in [-0.1, -0.05) is 12.1 Å². The van der Waals surface area contributed by atoms with E-state index >= 15 is 0 Å². The molecule has 3 N–H and O–H groups in total. The molecule has 1 saturated heterocycles. The number of nitrogens with one attached hydrogen (secondary N) is 3. The van der Waals surface area contributed by atoms with Crippen molar-refractivity contribution in [2.24, 2.45) is 11.8 Å². The molecule has 2 aliphatic rings. The molecular weight excluding hydrogens is 364 g/mol. The average Bonchev–Trinajstić information content (AvgIpc) is 3.24. The van der Waals surface area contributed by atoms with Gasteiger partial charge >= 0.3 is 0 Å². The molecule has 2 aromatic heterocycles. The first kappa shape index (κ1) is 17.9. The lowest BCUT2D eigenvalue weighted by molar-refractivity contribution is 0.224. The van der Waals surface area contributed by atoms with Crippen LogP contribution in [0.5, 0.6) is 0 Å². The zero-order valence-corrected chi connectivity index (χ0v) is 16.4. The van der Waals surface area contributed by atoms with Crippen molar-refractivity contribution in [2.75, 3.05) is 30.3 Å². The van der Waals surface area contributed by atoms with E-state index in [1.807, 2.05) is 37.3 Å².